The van der Waals surface area contributed by atoms with Crippen molar-refractivity contribution < 1.29 is 0 Å². The number of allylic oxidation sites excluding steroid dienone is 1. The molecule has 0 aliphatic carbocycles. The molecular weight excluding hydrogens is 452 g/mol. The van der Waals surface area contributed by atoms with Crippen LogP contribution in [-0.2, 0) is 5.41 Å². The molecule has 0 saturated carbocycles. The molecule has 6 rings (SSSR count). The van der Waals surface area contributed by atoms with E-state index in [-0.39, 0.29) is 17.0 Å². The number of nitrogens with zero attached hydrogens (tertiary/aromatic N) is 4. The van der Waals surface area contributed by atoms with Gasteiger partial charge in [-0.2, -0.15) is 0 Å². The van der Waals surface area contributed by atoms with Gasteiger partial charge in [0.1, 0.15) is 6.17 Å². The van der Waals surface area contributed by atoms with Gasteiger partial charge in [0.15, 0.2) is 11.6 Å². The van der Waals surface area contributed by atoms with E-state index in [4.69, 9.17) is 9.97 Å². The smallest absolute Gasteiger partial charge is 0.178 e. The Hall–Kier alpha value is -3.92. The molecule has 3 aromatic carbocycles. The van der Waals surface area contributed by atoms with Gasteiger partial charge in [0.2, 0.25) is 0 Å². The molecule has 186 valence electrons. The molecule has 0 amide bonds. The van der Waals surface area contributed by atoms with Crippen LogP contribution in [0.4, 0.5) is 23.0 Å². The molecule has 4 aromatic rings. The predicted octanol–water partition coefficient (Wildman–Crippen LogP) is 8.33. The number of para-hydroxylation sites is 1. The SMILES string of the molecule is C=CC1(CC)c2ccccc2N2c3nccnc3N(c3ccc(-c4ccccc4)cc3C)C2C1(C)CC. The molecule has 2 aliphatic rings. The first-order valence-electron chi connectivity index (χ1n) is 13.3. The third-order valence-electron chi connectivity index (χ3n) is 9.04. The summed E-state index contributed by atoms with van der Waals surface area (Å²) in [5.74, 6) is 1.83. The third kappa shape index (κ3) is 3.08. The molecule has 4 nitrogen and oxygen atoms in total. The quantitative estimate of drug-likeness (QED) is 0.265. The van der Waals surface area contributed by atoms with Crippen molar-refractivity contribution in [3.8, 4) is 11.1 Å². The van der Waals surface area contributed by atoms with Crippen molar-refractivity contribution >= 4 is 23.0 Å². The van der Waals surface area contributed by atoms with Gasteiger partial charge in [0.25, 0.3) is 0 Å². The Morgan fingerprint density at radius 2 is 1.46 bits per heavy atom. The molecule has 3 atom stereocenters. The Morgan fingerprint density at radius 1 is 0.811 bits per heavy atom. The summed E-state index contributed by atoms with van der Waals surface area (Å²) in [5.41, 5.74) is 6.99. The lowest BCUT2D eigenvalue weighted by atomic mass is 9.54. The van der Waals surface area contributed by atoms with E-state index in [2.05, 4.69) is 123 Å². The number of hydrogen-bond acceptors (Lipinski definition) is 4. The van der Waals surface area contributed by atoms with Crippen molar-refractivity contribution in [3.05, 3.63) is 109 Å². The van der Waals surface area contributed by atoms with Crippen LogP contribution in [-0.4, -0.2) is 16.1 Å². The molecule has 4 heteroatoms. The van der Waals surface area contributed by atoms with Crippen molar-refractivity contribution in [2.24, 2.45) is 5.41 Å². The average Bonchev–Trinajstić information content (AvgIpc) is 3.30. The zero-order valence-corrected chi connectivity index (χ0v) is 22.1. The van der Waals surface area contributed by atoms with Crippen molar-refractivity contribution in [1.82, 2.24) is 9.97 Å². The van der Waals surface area contributed by atoms with Gasteiger partial charge in [0, 0.05) is 34.6 Å². The van der Waals surface area contributed by atoms with Crippen molar-refractivity contribution in [2.75, 3.05) is 9.80 Å². The highest BCUT2D eigenvalue weighted by atomic mass is 15.5. The zero-order chi connectivity index (χ0) is 25.8. The average molecular weight is 487 g/mol. The Morgan fingerprint density at radius 3 is 2.08 bits per heavy atom. The van der Waals surface area contributed by atoms with Gasteiger partial charge in [-0.05, 0) is 60.2 Å². The molecule has 3 unspecified atom stereocenters. The van der Waals surface area contributed by atoms with E-state index in [0.29, 0.717) is 0 Å². The van der Waals surface area contributed by atoms with Crippen LogP contribution in [0, 0.1) is 12.3 Å². The van der Waals surface area contributed by atoms with Crippen LogP contribution in [0.5, 0.6) is 0 Å². The Kier molecular flexibility index (Phi) is 5.45. The summed E-state index contributed by atoms with van der Waals surface area (Å²) in [6.07, 6.45) is 7.79. The summed E-state index contributed by atoms with van der Waals surface area (Å²) in [4.78, 5) is 14.7. The van der Waals surface area contributed by atoms with Crippen molar-refractivity contribution in [2.45, 2.75) is 52.1 Å². The van der Waals surface area contributed by atoms with Gasteiger partial charge in [-0.3, -0.25) is 0 Å². The minimum absolute atomic E-state index is 0.00373. The van der Waals surface area contributed by atoms with Crippen LogP contribution in [0.15, 0.2) is 97.8 Å². The highest BCUT2D eigenvalue weighted by molar-refractivity contribution is 5.88. The van der Waals surface area contributed by atoms with E-state index >= 15 is 0 Å². The highest BCUT2D eigenvalue weighted by Gasteiger charge is 2.62. The van der Waals surface area contributed by atoms with Crippen LogP contribution in [0.25, 0.3) is 11.1 Å². The molecule has 1 aromatic heterocycles. The molecule has 0 fully saturated rings. The van der Waals surface area contributed by atoms with Gasteiger partial charge in [-0.15, -0.1) is 6.58 Å². The number of aryl methyl sites for hydroxylation is 1. The summed E-state index contributed by atoms with van der Waals surface area (Å²) in [7, 11) is 0. The number of fused-ring (bicyclic) bond motifs is 5. The first kappa shape index (κ1) is 23.5. The zero-order valence-electron chi connectivity index (χ0n) is 22.1. The van der Waals surface area contributed by atoms with Crippen LogP contribution < -0.4 is 9.80 Å². The molecule has 3 heterocycles. The van der Waals surface area contributed by atoms with E-state index in [1.54, 1.807) is 0 Å². The van der Waals surface area contributed by atoms with Crippen LogP contribution in [0.3, 0.4) is 0 Å². The van der Waals surface area contributed by atoms with E-state index in [1.807, 2.05) is 12.4 Å². The molecular formula is C33H34N4. The predicted molar refractivity (Wildman–Crippen MR) is 154 cm³/mol. The van der Waals surface area contributed by atoms with Crippen LogP contribution in [0.1, 0.15) is 44.7 Å². The fraction of sp³-hybridized carbons (Fsp3) is 0.273. The van der Waals surface area contributed by atoms with Gasteiger partial charge < -0.3 is 9.80 Å². The molecule has 0 saturated heterocycles. The van der Waals surface area contributed by atoms with Crippen molar-refractivity contribution in [1.29, 1.82) is 0 Å². The maximum absolute atomic E-state index is 4.93. The summed E-state index contributed by atoms with van der Waals surface area (Å²) in [6, 6.07) is 26.2. The van der Waals surface area contributed by atoms with Gasteiger partial charge >= 0.3 is 0 Å². The Balaban J connectivity index is 1.62. The molecule has 0 bridgehead atoms. The van der Waals surface area contributed by atoms with Crippen molar-refractivity contribution in [3.63, 3.8) is 0 Å². The minimum Gasteiger partial charge on any atom is -0.301 e. The summed E-state index contributed by atoms with van der Waals surface area (Å²) in [6.45, 7) is 13.7. The Bertz CT molecular complexity index is 1480. The minimum atomic E-state index is -0.197. The van der Waals surface area contributed by atoms with Gasteiger partial charge in [0.05, 0.1) is 0 Å². The third-order valence-corrected chi connectivity index (χ3v) is 9.04. The normalized spacial score (nSPS) is 23.8. The van der Waals surface area contributed by atoms with Crippen LogP contribution in [0.2, 0.25) is 0 Å². The van der Waals surface area contributed by atoms with E-state index in [9.17, 15) is 0 Å². The lowest BCUT2D eigenvalue weighted by molar-refractivity contribution is 0.120. The monoisotopic (exact) mass is 486 g/mol. The number of hydrogen-bond donors (Lipinski definition) is 0. The van der Waals surface area contributed by atoms with E-state index in [0.717, 1.165) is 24.5 Å². The highest BCUT2D eigenvalue weighted by Crippen LogP contribution is 2.64. The Labute approximate surface area is 220 Å². The van der Waals surface area contributed by atoms with Gasteiger partial charge in [-0.1, -0.05) is 81.4 Å². The number of rotatable bonds is 5. The fourth-order valence-corrected chi connectivity index (χ4v) is 6.99. The van der Waals surface area contributed by atoms with E-state index < -0.39 is 0 Å². The van der Waals surface area contributed by atoms with Crippen LogP contribution >= 0.6 is 0 Å². The van der Waals surface area contributed by atoms with E-state index in [1.165, 1.54) is 33.6 Å². The molecule has 2 aliphatic heterocycles. The topological polar surface area (TPSA) is 32.3 Å². The maximum atomic E-state index is 4.93. The maximum Gasteiger partial charge on any atom is 0.178 e. The molecule has 0 spiro atoms. The first-order chi connectivity index (χ1) is 18.0. The second kappa shape index (κ2) is 8.58. The summed E-state index contributed by atoms with van der Waals surface area (Å²) >= 11 is 0. The number of anilines is 4. The second-order valence-corrected chi connectivity index (χ2v) is 10.5. The number of aromatic nitrogens is 2. The first-order valence-corrected chi connectivity index (χ1v) is 13.3. The molecule has 37 heavy (non-hydrogen) atoms. The fourth-order valence-electron chi connectivity index (χ4n) is 6.99. The summed E-state index contributed by atoms with van der Waals surface area (Å²) in [5, 5.41) is 0. The molecule has 0 radical (unpaired) electrons. The number of benzene rings is 3. The second-order valence-electron chi connectivity index (χ2n) is 10.5. The standard InChI is InChI=1S/C33H34N4/c1-6-32(5)31-36(27-19-18-25(22-23(27)4)24-14-10-9-11-15-24)29-30(35-21-20-34-29)37(31)28-17-13-12-16-26(28)33(32,7-2)8-3/h7,9-22,31H,2,6,8H2,1,3-5H3. The largest absolute Gasteiger partial charge is 0.301 e. The summed E-state index contributed by atoms with van der Waals surface area (Å²) < 4.78 is 0. The van der Waals surface area contributed by atoms with Gasteiger partial charge in [-0.25, -0.2) is 9.97 Å². The molecule has 0 N–H and O–H groups in total. The lowest BCUT2D eigenvalue weighted by Crippen LogP contribution is -2.62. The lowest BCUT2D eigenvalue weighted by Gasteiger charge is -2.59.